The average molecular weight is 291 g/mol. The summed E-state index contributed by atoms with van der Waals surface area (Å²) in [6, 6.07) is 4.91. The highest BCUT2D eigenvalue weighted by atomic mass is 16.6. The lowest BCUT2D eigenvalue weighted by Gasteiger charge is -2.17. The average Bonchev–Trinajstić information content (AvgIpc) is 3.22. The van der Waals surface area contributed by atoms with Crippen molar-refractivity contribution in [3.63, 3.8) is 0 Å². The fourth-order valence-corrected chi connectivity index (χ4v) is 2.61. The van der Waals surface area contributed by atoms with E-state index in [2.05, 4.69) is 5.32 Å². The predicted octanol–water partition coefficient (Wildman–Crippen LogP) is 1.46. The highest BCUT2D eigenvalue weighted by Gasteiger charge is 2.36. The molecule has 0 radical (unpaired) electrons. The lowest BCUT2D eigenvalue weighted by atomic mass is 10.2. The van der Waals surface area contributed by atoms with E-state index >= 15 is 0 Å². The first-order valence-electron chi connectivity index (χ1n) is 7.00. The van der Waals surface area contributed by atoms with Crippen molar-refractivity contribution in [1.29, 1.82) is 0 Å². The summed E-state index contributed by atoms with van der Waals surface area (Å²) < 4.78 is 4.98. The van der Waals surface area contributed by atoms with Crippen molar-refractivity contribution >= 4 is 17.3 Å². The van der Waals surface area contributed by atoms with Crippen molar-refractivity contribution in [2.75, 3.05) is 18.6 Å². The number of nitro benzene ring substituents is 1. The first-order chi connectivity index (χ1) is 10.1. The van der Waals surface area contributed by atoms with Gasteiger partial charge < -0.3 is 15.0 Å². The molecule has 2 fully saturated rings. The standard InChI is InChI=1S/C14H17N3O4/c1-21-13-5-4-10(8-12(13)17(19)20)16-7-6-11(14(16)18)15-9-2-3-9/h4-5,8-9,11,15H,2-3,6-7H2,1H3. The Morgan fingerprint density at radius 3 is 2.76 bits per heavy atom. The van der Waals surface area contributed by atoms with Crippen molar-refractivity contribution < 1.29 is 14.5 Å². The van der Waals surface area contributed by atoms with E-state index in [1.807, 2.05) is 0 Å². The maximum Gasteiger partial charge on any atom is 0.312 e. The fraction of sp³-hybridized carbons (Fsp3) is 0.500. The molecule has 7 nitrogen and oxygen atoms in total. The van der Waals surface area contributed by atoms with Gasteiger partial charge in [0.1, 0.15) is 0 Å². The van der Waals surface area contributed by atoms with Crippen molar-refractivity contribution in [1.82, 2.24) is 5.32 Å². The molecule has 1 aliphatic heterocycles. The lowest BCUT2D eigenvalue weighted by Crippen LogP contribution is -2.39. The molecule has 21 heavy (non-hydrogen) atoms. The Kier molecular flexibility index (Phi) is 3.50. The van der Waals surface area contributed by atoms with Crippen LogP contribution in [0.4, 0.5) is 11.4 Å². The predicted molar refractivity (Wildman–Crippen MR) is 76.6 cm³/mol. The van der Waals surface area contributed by atoms with Crippen LogP contribution < -0.4 is 15.0 Å². The van der Waals surface area contributed by atoms with Gasteiger partial charge in [-0.15, -0.1) is 0 Å². The molecule has 112 valence electrons. The number of rotatable bonds is 5. The molecule has 2 aliphatic rings. The van der Waals surface area contributed by atoms with Crippen LogP contribution in [0.5, 0.6) is 5.75 Å². The Morgan fingerprint density at radius 1 is 1.38 bits per heavy atom. The maximum atomic E-state index is 12.4. The number of benzene rings is 1. The number of carbonyl (C=O) groups is 1. The molecule has 0 aromatic heterocycles. The van der Waals surface area contributed by atoms with Gasteiger partial charge in [0.25, 0.3) is 0 Å². The number of nitrogens with zero attached hydrogens (tertiary/aromatic N) is 2. The van der Waals surface area contributed by atoms with Crippen LogP contribution in [0.3, 0.4) is 0 Å². The second-order valence-corrected chi connectivity index (χ2v) is 5.39. The minimum atomic E-state index is -0.497. The largest absolute Gasteiger partial charge is 0.490 e. The van der Waals surface area contributed by atoms with Crippen molar-refractivity contribution in [2.24, 2.45) is 0 Å². The number of methoxy groups -OCH3 is 1. The molecule has 1 aliphatic carbocycles. The lowest BCUT2D eigenvalue weighted by molar-refractivity contribution is -0.385. The molecule has 1 unspecified atom stereocenters. The van der Waals surface area contributed by atoms with Gasteiger partial charge in [-0.2, -0.15) is 0 Å². The monoisotopic (exact) mass is 291 g/mol. The van der Waals surface area contributed by atoms with E-state index in [1.54, 1.807) is 11.0 Å². The molecule has 1 amide bonds. The molecule has 1 aromatic carbocycles. The van der Waals surface area contributed by atoms with Crippen LogP contribution in [0.2, 0.25) is 0 Å². The van der Waals surface area contributed by atoms with Crippen molar-refractivity contribution in [3.8, 4) is 5.75 Å². The van der Waals surface area contributed by atoms with Crippen LogP contribution >= 0.6 is 0 Å². The molecule has 3 rings (SSSR count). The van der Waals surface area contributed by atoms with Crippen molar-refractivity contribution in [2.45, 2.75) is 31.3 Å². The third-order valence-corrected chi connectivity index (χ3v) is 3.89. The minimum Gasteiger partial charge on any atom is -0.490 e. The first kappa shape index (κ1) is 13.8. The molecular weight excluding hydrogens is 274 g/mol. The summed E-state index contributed by atoms with van der Waals surface area (Å²) in [5.41, 5.74) is 0.425. The van der Waals surface area contributed by atoms with Gasteiger partial charge in [0.15, 0.2) is 5.75 Å². The van der Waals surface area contributed by atoms with Crippen LogP contribution in [0.15, 0.2) is 18.2 Å². The number of anilines is 1. The van der Waals surface area contributed by atoms with Crippen LogP contribution in [-0.2, 0) is 4.79 Å². The molecule has 7 heteroatoms. The van der Waals surface area contributed by atoms with Crippen LogP contribution in [-0.4, -0.2) is 36.6 Å². The van der Waals surface area contributed by atoms with Gasteiger partial charge in [0.05, 0.1) is 23.8 Å². The summed E-state index contributed by atoms with van der Waals surface area (Å²) in [5, 5.41) is 14.4. The number of amides is 1. The normalized spacial score (nSPS) is 21.7. The molecule has 1 aromatic rings. The zero-order chi connectivity index (χ0) is 15.0. The SMILES string of the molecule is COc1ccc(N2CCC(NC3CC3)C2=O)cc1[N+](=O)[O-]. The third kappa shape index (κ3) is 2.69. The zero-order valence-electron chi connectivity index (χ0n) is 11.7. The van der Waals surface area contributed by atoms with Gasteiger partial charge in [0, 0.05) is 18.7 Å². The summed E-state index contributed by atoms with van der Waals surface area (Å²) in [5.74, 6) is 0.185. The van der Waals surface area contributed by atoms with E-state index in [4.69, 9.17) is 4.74 Å². The first-order valence-corrected chi connectivity index (χ1v) is 7.00. The van der Waals surface area contributed by atoms with Gasteiger partial charge in [-0.1, -0.05) is 0 Å². The second-order valence-electron chi connectivity index (χ2n) is 5.39. The quantitative estimate of drug-likeness (QED) is 0.656. The third-order valence-electron chi connectivity index (χ3n) is 3.89. The zero-order valence-corrected chi connectivity index (χ0v) is 11.7. The fourth-order valence-electron chi connectivity index (χ4n) is 2.61. The van der Waals surface area contributed by atoms with Gasteiger partial charge >= 0.3 is 5.69 Å². The van der Waals surface area contributed by atoms with E-state index in [0.717, 1.165) is 19.3 Å². The maximum absolute atomic E-state index is 12.4. The summed E-state index contributed by atoms with van der Waals surface area (Å²) in [4.78, 5) is 24.5. The van der Waals surface area contributed by atoms with Gasteiger partial charge in [0.2, 0.25) is 5.91 Å². The molecule has 1 atom stereocenters. The van der Waals surface area contributed by atoms with Gasteiger partial charge in [-0.3, -0.25) is 14.9 Å². The van der Waals surface area contributed by atoms with E-state index < -0.39 is 4.92 Å². The van der Waals surface area contributed by atoms with Crippen molar-refractivity contribution in [3.05, 3.63) is 28.3 Å². The smallest absolute Gasteiger partial charge is 0.312 e. The summed E-state index contributed by atoms with van der Waals surface area (Å²) in [6.07, 6.45) is 2.98. The second kappa shape index (κ2) is 5.33. The molecule has 1 heterocycles. The Hall–Kier alpha value is -2.15. The number of hydrogen-bond donors (Lipinski definition) is 1. The highest BCUT2D eigenvalue weighted by molar-refractivity contribution is 5.99. The Labute approximate surface area is 122 Å². The Bertz CT molecular complexity index is 586. The number of ether oxygens (including phenoxy) is 1. The molecule has 0 bridgehead atoms. The van der Waals surface area contributed by atoms with E-state index in [9.17, 15) is 14.9 Å². The van der Waals surface area contributed by atoms with Gasteiger partial charge in [-0.25, -0.2) is 0 Å². The van der Waals surface area contributed by atoms with Crippen LogP contribution in [0.25, 0.3) is 0 Å². The summed E-state index contributed by atoms with van der Waals surface area (Å²) in [7, 11) is 1.39. The number of carbonyl (C=O) groups excluding carboxylic acids is 1. The summed E-state index contributed by atoms with van der Waals surface area (Å²) >= 11 is 0. The molecule has 1 saturated heterocycles. The topological polar surface area (TPSA) is 84.7 Å². The highest BCUT2D eigenvalue weighted by Crippen LogP contribution is 2.33. The van der Waals surface area contributed by atoms with E-state index in [-0.39, 0.29) is 23.4 Å². The molecule has 1 N–H and O–H groups in total. The Balaban J connectivity index is 1.81. The molecular formula is C14H17N3O4. The Morgan fingerprint density at radius 2 is 2.14 bits per heavy atom. The number of nitro groups is 1. The molecule has 1 saturated carbocycles. The van der Waals surface area contributed by atoms with E-state index in [0.29, 0.717) is 18.3 Å². The van der Waals surface area contributed by atoms with Crippen LogP contribution in [0, 0.1) is 10.1 Å². The number of hydrogen-bond acceptors (Lipinski definition) is 5. The van der Waals surface area contributed by atoms with E-state index in [1.165, 1.54) is 19.2 Å². The minimum absolute atomic E-state index is 0.0126. The van der Waals surface area contributed by atoms with Gasteiger partial charge in [-0.05, 0) is 31.4 Å². The molecule has 0 spiro atoms. The number of nitrogens with one attached hydrogen (secondary N) is 1. The summed E-state index contributed by atoms with van der Waals surface area (Å²) in [6.45, 7) is 0.576. The van der Waals surface area contributed by atoms with Crippen LogP contribution in [0.1, 0.15) is 19.3 Å².